The molecule has 3 rings (SSSR count). The molecule has 0 radical (unpaired) electrons. The standard InChI is InChI=1S/C14H17BrFN/c15-13-9(2-1-3-12(13)16)5-14(8-17)6-10-4-11(10)7-14/h1-3,10-11H,4-8,17H2. The normalized spacial score (nSPS) is 34.8. The highest BCUT2D eigenvalue weighted by molar-refractivity contribution is 9.10. The van der Waals surface area contributed by atoms with E-state index in [1.165, 1.54) is 25.3 Å². The molecule has 2 fully saturated rings. The molecular formula is C14H17BrFN. The van der Waals surface area contributed by atoms with E-state index in [1.807, 2.05) is 6.07 Å². The minimum absolute atomic E-state index is 0.169. The monoisotopic (exact) mass is 297 g/mol. The highest BCUT2D eigenvalue weighted by Crippen LogP contribution is 2.60. The molecular weight excluding hydrogens is 281 g/mol. The number of fused-ring (bicyclic) bond motifs is 1. The maximum atomic E-state index is 13.5. The van der Waals surface area contributed by atoms with E-state index in [4.69, 9.17) is 5.73 Å². The first-order chi connectivity index (χ1) is 8.13. The summed E-state index contributed by atoms with van der Waals surface area (Å²) in [7, 11) is 0. The molecule has 1 aromatic carbocycles. The van der Waals surface area contributed by atoms with Gasteiger partial charge in [-0.15, -0.1) is 0 Å². The minimum Gasteiger partial charge on any atom is -0.330 e. The summed E-state index contributed by atoms with van der Waals surface area (Å²) in [4.78, 5) is 0. The van der Waals surface area contributed by atoms with Gasteiger partial charge in [0.05, 0.1) is 4.47 Å². The van der Waals surface area contributed by atoms with Crippen molar-refractivity contribution in [1.29, 1.82) is 0 Å². The third-order valence-electron chi connectivity index (χ3n) is 4.49. The SMILES string of the molecule is NCC1(Cc2cccc(F)c2Br)CC2CC2C1. The number of hydrogen-bond acceptors (Lipinski definition) is 1. The summed E-state index contributed by atoms with van der Waals surface area (Å²) < 4.78 is 14.1. The van der Waals surface area contributed by atoms with Crippen LogP contribution in [0, 0.1) is 23.1 Å². The van der Waals surface area contributed by atoms with Crippen molar-refractivity contribution >= 4 is 15.9 Å². The molecule has 1 nitrogen and oxygen atoms in total. The zero-order chi connectivity index (χ0) is 12.0. The fraction of sp³-hybridized carbons (Fsp3) is 0.571. The third-order valence-corrected chi connectivity index (χ3v) is 5.38. The van der Waals surface area contributed by atoms with Crippen LogP contribution in [0.15, 0.2) is 22.7 Å². The van der Waals surface area contributed by atoms with Gasteiger partial charge in [-0.2, -0.15) is 0 Å². The summed E-state index contributed by atoms with van der Waals surface area (Å²) in [5.41, 5.74) is 7.27. The predicted molar refractivity (Wildman–Crippen MR) is 70.1 cm³/mol. The smallest absolute Gasteiger partial charge is 0.137 e. The maximum Gasteiger partial charge on any atom is 0.137 e. The minimum atomic E-state index is -0.169. The van der Waals surface area contributed by atoms with Gasteiger partial charge >= 0.3 is 0 Å². The first-order valence-electron chi connectivity index (χ1n) is 6.26. The summed E-state index contributed by atoms with van der Waals surface area (Å²) >= 11 is 3.35. The van der Waals surface area contributed by atoms with E-state index in [9.17, 15) is 4.39 Å². The fourth-order valence-electron chi connectivity index (χ4n) is 3.48. The molecule has 1 aromatic rings. The molecule has 2 aliphatic rings. The van der Waals surface area contributed by atoms with Crippen molar-refractivity contribution in [3.05, 3.63) is 34.1 Å². The van der Waals surface area contributed by atoms with Gasteiger partial charge in [0, 0.05) is 0 Å². The van der Waals surface area contributed by atoms with Crippen LogP contribution in [0.4, 0.5) is 4.39 Å². The largest absolute Gasteiger partial charge is 0.330 e. The molecule has 0 bridgehead atoms. The Morgan fingerprint density at radius 2 is 2.06 bits per heavy atom. The first-order valence-corrected chi connectivity index (χ1v) is 7.06. The van der Waals surface area contributed by atoms with E-state index >= 15 is 0 Å². The third kappa shape index (κ3) is 2.04. The van der Waals surface area contributed by atoms with Crippen molar-refractivity contribution in [2.24, 2.45) is 23.0 Å². The van der Waals surface area contributed by atoms with Crippen LogP contribution < -0.4 is 5.73 Å². The molecule has 2 unspecified atom stereocenters. The molecule has 17 heavy (non-hydrogen) atoms. The van der Waals surface area contributed by atoms with Gasteiger partial charge < -0.3 is 5.73 Å². The second-order valence-corrected chi connectivity index (χ2v) is 6.55. The van der Waals surface area contributed by atoms with E-state index in [0.717, 1.165) is 30.4 Å². The zero-order valence-corrected chi connectivity index (χ0v) is 11.3. The molecule has 92 valence electrons. The first kappa shape index (κ1) is 11.7. The number of rotatable bonds is 3. The second-order valence-electron chi connectivity index (χ2n) is 5.76. The van der Waals surface area contributed by atoms with Gasteiger partial charge in [-0.1, -0.05) is 12.1 Å². The molecule has 2 saturated carbocycles. The Morgan fingerprint density at radius 1 is 1.35 bits per heavy atom. The number of benzene rings is 1. The Morgan fingerprint density at radius 3 is 2.71 bits per heavy atom. The quantitative estimate of drug-likeness (QED) is 0.908. The summed E-state index contributed by atoms with van der Waals surface area (Å²) in [6.07, 6.45) is 4.77. The Hall–Kier alpha value is -0.410. The van der Waals surface area contributed by atoms with E-state index in [2.05, 4.69) is 15.9 Å². The number of halogens is 2. The Kier molecular flexibility index (Phi) is 2.79. The lowest BCUT2D eigenvalue weighted by atomic mass is 9.77. The van der Waals surface area contributed by atoms with Gasteiger partial charge in [0.15, 0.2) is 0 Å². The predicted octanol–water partition coefficient (Wildman–Crippen LogP) is 3.51. The summed E-state index contributed by atoms with van der Waals surface area (Å²) in [6.45, 7) is 0.725. The topological polar surface area (TPSA) is 26.0 Å². The van der Waals surface area contributed by atoms with Crippen molar-refractivity contribution in [3.63, 3.8) is 0 Å². The molecule has 2 atom stereocenters. The van der Waals surface area contributed by atoms with Crippen molar-refractivity contribution in [3.8, 4) is 0 Å². The molecule has 0 amide bonds. The molecule has 0 aliphatic heterocycles. The number of nitrogens with two attached hydrogens (primary N) is 1. The van der Waals surface area contributed by atoms with Crippen LogP contribution in [-0.2, 0) is 6.42 Å². The summed E-state index contributed by atoms with van der Waals surface area (Å²) in [5.74, 6) is 1.65. The Balaban J connectivity index is 1.83. The van der Waals surface area contributed by atoms with Crippen LogP contribution in [0.5, 0.6) is 0 Å². The van der Waals surface area contributed by atoms with Gasteiger partial charge in [-0.3, -0.25) is 0 Å². The van der Waals surface area contributed by atoms with E-state index < -0.39 is 0 Å². The van der Waals surface area contributed by atoms with Gasteiger partial charge in [0.2, 0.25) is 0 Å². The maximum absolute atomic E-state index is 13.5. The van der Waals surface area contributed by atoms with E-state index in [-0.39, 0.29) is 11.2 Å². The molecule has 2 N–H and O–H groups in total. The van der Waals surface area contributed by atoms with Crippen LogP contribution in [0.3, 0.4) is 0 Å². The van der Waals surface area contributed by atoms with Gasteiger partial charge in [-0.25, -0.2) is 4.39 Å². The average molecular weight is 298 g/mol. The van der Waals surface area contributed by atoms with Gasteiger partial charge in [0.25, 0.3) is 0 Å². The van der Waals surface area contributed by atoms with E-state index in [0.29, 0.717) is 4.47 Å². The molecule has 0 spiro atoms. The van der Waals surface area contributed by atoms with Crippen LogP contribution >= 0.6 is 15.9 Å². The lowest BCUT2D eigenvalue weighted by molar-refractivity contribution is 0.272. The Bertz CT molecular complexity index is 436. The molecule has 2 aliphatic carbocycles. The Labute approximate surface area is 110 Å². The van der Waals surface area contributed by atoms with Crippen molar-refractivity contribution in [2.45, 2.75) is 25.7 Å². The average Bonchev–Trinajstić information content (AvgIpc) is 2.94. The lowest BCUT2D eigenvalue weighted by Gasteiger charge is -2.30. The van der Waals surface area contributed by atoms with Crippen molar-refractivity contribution in [1.82, 2.24) is 0 Å². The molecule has 3 heteroatoms. The highest BCUT2D eigenvalue weighted by Gasteiger charge is 2.52. The van der Waals surface area contributed by atoms with Crippen LogP contribution in [0.25, 0.3) is 0 Å². The summed E-state index contributed by atoms with van der Waals surface area (Å²) in [5, 5.41) is 0. The fourth-order valence-corrected chi connectivity index (χ4v) is 3.88. The molecule has 0 heterocycles. The molecule has 0 saturated heterocycles. The summed E-state index contributed by atoms with van der Waals surface area (Å²) in [6, 6.07) is 5.29. The van der Waals surface area contributed by atoms with Gasteiger partial charge in [0.1, 0.15) is 5.82 Å². The number of hydrogen-bond donors (Lipinski definition) is 1. The van der Waals surface area contributed by atoms with Crippen LogP contribution in [0.2, 0.25) is 0 Å². The van der Waals surface area contributed by atoms with Crippen molar-refractivity contribution in [2.75, 3.05) is 6.54 Å². The van der Waals surface area contributed by atoms with Crippen molar-refractivity contribution < 1.29 is 4.39 Å². The van der Waals surface area contributed by atoms with E-state index in [1.54, 1.807) is 6.07 Å². The second kappa shape index (κ2) is 4.06. The highest BCUT2D eigenvalue weighted by atomic mass is 79.9. The lowest BCUT2D eigenvalue weighted by Crippen LogP contribution is -2.31. The van der Waals surface area contributed by atoms with Gasteiger partial charge in [-0.05, 0) is 77.0 Å². The van der Waals surface area contributed by atoms with Crippen LogP contribution in [-0.4, -0.2) is 6.54 Å². The molecule has 0 aromatic heterocycles. The van der Waals surface area contributed by atoms with Crippen LogP contribution in [0.1, 0.15) is 24.8 Å². The zero-order valence-electron chi connectivity index (χ0n) is 9.76.